The van der Waals surface area contributed by atoms with Gasteiger partial charge in [-0.3, -0.25) is 4.79 Å². The summed E-state index contributed by atoms with van der Waals surface area (Å²) in [6.07, 6.45) is 7.49. The van der Waals surface area contributed by atoms with E-state index in [0.29, 0.717) is 36.8 Å². The standard InChI is InChI=1S/C25H24FN7O/c1-18-3-8-23(33-29-9-10-30-33)22(15-18)24(34)31-11-2-12-32(14-13-31)25-27-16-20(17-28-25)19-4-6-21(26)7-5-19/h3-10,15-17H,2,11-14H2,1H3. The van der Waals surface area contributed by atoms with Crippen molar-refractivity contribution in [2.45, 2.75) is 13.3 Å². The molecule has 0 spiro atoms. The summed E-state index contributed by atoms with van der Waals surface area (Å²) in [7, 11) is 0. The zero-order valence-electron chi connectivity index (χ0n) is 18.8. The summed E-state index contributed by atoms with van der Waals surface area (Å²) in [6.45, 7) is 4.54. The highest BCUT2D eigenvalue weighted by molar-refractivity contribution is 5.98. The van der Waals surface area contributed by atoms with Crippen molar-refractivity contribution in [3.63, 3.8) is 0 Å². The molecule has 1 saturated heterocycles. The number of carbonyl (C=O) groups is 1. The molecule has 2 aromatic carbocycles. The summed E-state index contributed by atoms with van der Waals surface area (Å²) in [5, 5.41) is 8.40. The molecular formula is C25H24FN7O. The second kappa shape index (κ2) is 9.38. The number of nitrogens with zero attached hydrogens (tertiary/aromatic N) is 7. The third kappa shape index (κ3) is 4.50. The first-order chi connectivity index (χ1) is 16.6. The number of halogens is 1. The van der Waals surface area contributed by atoms with Gasteiger partial charge >= 0.3 is 0 Å². The van der Waals surface area contributed by atoms with Gasteiger partial charge in [-0.05, 0) is 43.2 Å². The number of rotatable bonds is 4. The molecule has 0 radical (unpaired) electrons. The zero-order chi connectivity index (χ0) is 23.5. The Labute approximate surface area is 196 Å². The van der Waals surface area contributed by atoms with E-state index in [-0.39, 0.29) is 11.7 Å². The minimum Gasteiger partial charge on any atom is -0.339 e. The van der Waals surface area contributed by atoms with E-state index in [1.54, 1.807) is 36.9 Å². The maximum atomic E-state index is 13.5. The van der Waals surface area contributed by atoms with Crippen molar-refractivity contribution in [1.82, 2.24) is 29.9 Å². The topological polar surface area (TPSA) is 80.0 Å². The van der Waals surface area contributed by atoms with E-state index < -0.39 is 0 Å². The maximum absolute atomic E-state index is 13.5. The lowest BCUT2D eigenvalue weighted by Crippen LogP contribution is -2.36. The van der Waals surface area contributed by atoms with Crippen LogP contribution in [0.5, 0.6) is 0 Å². The number of hydrogen-bond donors (Lipinski definition) is 0. The fourth-order valence-corrected chi connectivity index (χ4v) is 4.10. The molecule has 172 valence electrons. The molecule has 1 fully saturated rings. The molecule has 34 heavy (non-hydrogen) atoms. The van der Waals surface area contributed by atoms with Crippen LogP contribution in [0.25, 0.3) is 16.8 Å². The van der Waals surface area contributed by atoms with Crippen molar-refractivity contribution in [2.75, 3.05) is 31.1 Å². The average molecular weight is 458 g/mol. The molecule has 5 rings (SSSR count). The van der Waals surface area contributed by atoms with Gasteiger partial charge in [0.1, 0.15) is 5.82 Å². The second-order valence-electron chi connectivity index (χ2n) is 8.25. The number of anilines is 1. The SMILES string of the molecule is Cc1ccc(-n2nccn2)c(C(=O)N2CCCN(c3ncc(-c4ccc(F)cc4)cn3)CC2)c1. The molecule has 0 bridgehead atoms. The van der Waals surface area contributed by atoms with Gasteiger partial charge in [0.25, 0.3) is 5.91 Å². The Bertz CT molecular complexity index is 1270. The third-order valence-corrected chi connectivity index (χ3v) is 5.90. The summed E-state index contributed by atoms with van der Waals surface area (Å²) >= 11 is 0. The fraction of sp³-hybridized carbons (Fsp3) is 0.240. The number of hydrogen-bond acceptors (Lipinski definition) is 6. The van der Waals surface area contributed by atoms with E-state index in [4.69, 9.17) is 0 Å². The minimum absolute atomic E-state index is 0.0366. The van der Waals surface area contributed by atoms with Crippen LogP contribution in [-0.2, 0) is 0 Å². The highest BCUT2D eigenvalue weighted by Gasteiger charge is 2.24. The Morgan fingerprint density at radius 3 is 2.35 bits per heavy atom. The smallest absolute Gasteiger partial charge is 0.256 e. The van der Waals surface area contributed by atoms with Gasteiger partial charge in [0.15, 0.2) is 0 Å². The zero-order valence-corrected chi connectivity index (χ0v) is 18.8. The molecular weight excluding hydrogens is 433 g/mol. The molecule has 0 saturated carbocycles. The predicted octanol–water partition coefficient (Wildman–Crippen LogP) is 3.52. The molecule has 0 atom stereocenters. The van der Waals surface area contributed by atoms with E-state index >= 15 is 0 Å². The van der Waals surface area contributed by atoms with Crippen molar-refractivity contribution in [1.29, 1.82) is 0 Å². The van der Waals surface area contributed by atoms with Crippen molar-refractivity contribution < 1.29 is 9.18 Å². The largest absolute Gasteiger partial charge is 0.339 e. The fourth-order valence-electron chi connectivity index (χ4n) is 4.10. The number of carbonyl (C=O) groups excluding carboxylic acids is 1. The van der Waals surface area contributed by atoms with Crippen LogP contribution in [0.4, 0.5) is 10.3 Å². The summed E-state index contributed by atoms with van der Waals surface area (Å²) < 4.78 is 13.2. The van der Waals surface area contributed by atoms with Crippen molar-refractivity contribution in [3.05, 3.63) is 84.2 Å². The normalized spacial score (nSPS) is 14.2. The lowest BCUT2D eigenvalue weighted by atomic mass is 10.1. The van der Waals surface area contributed by atoms with E-state index in [1.165, 1.54) is 16.9 Å². The Kier molecular flexibility index (Phi) is 5.99. The minimum atomic E-state index is -0.274. The quantitative estimate of drug-likeness (QED) is 0.467. The van der Waals surface area contributed by atoms with Crippen LogP contribution in [0.15, 0.2) is 67.3 Å². The molecule has 0 N–H and O–H groups in total. The predicted molar refractivity (Wildman–Crippen MR) is 126 cm³/mol. The number of aryl methyl sites for hydroxylation is 1. The molecule has 0 aliphatic carbocycles. The lowest BCUT2D eigenvalue weighted by molar-refractivity contribution is 0.0766. The third-order valence-electron chi connectivity index (χ3n) is 5.90. The van der Waals surface area contributed by atoms with Gasteiger partial charge in [0, 0.05) is 44.1 Å². The number of benzene rings is 2. The van der Waals surface area contributed by atoms with E-state index in [1.807, 2.05) is 30.0 Å². The van der Waals surface area contributed by atoms with E-state index in [2.05, 4.69) is 25.1 Å². The summed E-state index contributed by atoms with van der Waals surface area (Å²) in [6, 6.07) is 12.0. The van der Waals surface area contributed by atoms with Crippen LogP contribution < -0.4 is 4.90 Å². The van der Waals surface area contributed by atoms with Crippen LogP contribution in [0.2, 0.25) is 0 Å². The van der Waals surface area contributed by atoms with Crippen LogP contribution in [0, 0.1) is 12.7 Å². The second-order valence-corrected chi connectivity index (χ2v) is 8.25. The van der Waals surface area contributed by atoms with E-state index in [9.17, 15) is 9.18 Å². The lowest BCUT2D eigenvalue weighted by Gasteiger charge is -2.23. The molecule has 1 amide bonds. The van der Waals surface area contributed by atoms with Gasteiger partial charge in [-0.2, -0.15) is 15.0 Å². The maximum Gasteiger partial charge on any atom is 0.256 e. The number of amides is 1. The average Bonchev–Trinajstić information content (AvgIpc) is 3.28. The molecule has 3 heterocycles. The van der Waals surface area contributed by atoms with Gasteiger partial charge in [0.05, 0.1) is 23.6 Å². The molecule has 1 aliphatic heterocycles. The first-order valence-corrected chi connectivity index (χ1v) is 11.2. The Balaban J connectivity index is 1.30. The molecule has 4 aromatic rings. The van der Waals surface area contributed by atoms with Crippen LogP contribution in [0.1, 0.15) is 22.3 Å². The van der Waals surface area contributed by atoms with Crippen molar-refractivity contribution >= 4 is 11.9 Å². The van der Waals surface area contributed by atoms with E-state index in [0.717, 1.165) is 29.7 Å². The highest BCUT2D eigenvalue weighted by Crippen LogP contribution is 2.21. The molecule has 2 aromatic heterocycles. The van der Waals surface area contributed by atoms with Gasteiger partial charge in [-0.1, -0.05) is 23.8 Å². The summed E-state index contributed by atoms with van der Waals surface area (Å²) in [4.78, 5) is 28.0. The van der Waals surface area contributed by atoms with Crippen LogP contribution in [-0.4, -0.2) is 61.9 Å². The van der Waals surface area contributed by atoms with Gasteiger partial charge < -0.3 is 9.80 Å². The first kappa shape index (κ1) is 21.7. The Morgan fingerprint density at radius 2 is 1.62 bits per heavy atom. The van der Waals surface area contributed by atoms with Crippen molar-refractivity contribution in [2.24, 2.45) is 0 Å². The van der Waals surface area contributed by atoms with Gasteiger partial charge in [-0.25, -0.2) is 14.4 Å². The first-order valence-electron chi connectivity index (χ1n) is 11.2. The Hall–Kier alpha value is -4.14. The monoisotopic (exact) mass is 457 g/mol. The Morgan fingerprint density at radius 1 is 0.882 bits per heavy atom. The van der Waals surface area contributed by atoms with Gasteiger partial charge in [-0.15, -0.1) is 0 Å². The van der Waals surface area contributed by atoms with Gasteiger partial charge in [0.2, 0.25) is 5.95 Å². The molecule has 1 aliphatic rings. The molecule has 9 heteroatoms. The summed E-state index contributed by atoms with van der Waals surface area (Å²) in [5.41, 5.74) is 3.95. The number of aromatic nitrogens is 5. The highest BCUT2D eigenvalue weighted by atomic mass is 19.1. The molecule has 0 unspecified atom stereocenters. The molecule has 8 nitrogen and oxygen atoms in total. The van der Waals surface area contributed by atoms with Crippen LogP contribution in [0.3, 0.4) is 0 Å². The van der Waals surface area contributed by atoms with Crippen molar-refractivity contribution in [3.8, 4) is 16.8 Å². The van der Waals surface area contributed by atoms with Crippen LogP contribution >= 0.6 is 0 Å². The summed E-state index contributed by atoms with van der Waals surface area (Å²) in [5.74, 6) is 0.311.